The van der Waals surface area contributed by atoms with Crippen molar-refractivity contribution in [2.45, 2.75) is 13.5 Å². The van der Waals surface area contributed by atoms with E-state index >= 15 is 0 Å². The molecule has 10 heavy (non-hydrogen) atoms. The maximum atomic E-state index is 8.25. The molecule has 3 heteroatoms. The minimum atomic E-state index is 0.750. The average Bonchev–Trinajstić information content (AvgIpc) is 2.40. The second-order valence-electron chi connectivity index (χ2n) is 1.91. The molecule has 3 nitrogen and oxygen atoms in total. The zero-order chi connectivity index (χ0) is 7.98. The summed E-state index contributed by atoms with van der Waals surface area (Å²) in [5.41, 5.74) is 0. The van der Waals surface area contributed by atoms with Gasteiger partial charge in [0.15, 0.2) is 0 Å². The quantitative estimate of drug-likeness (QED) is 0.477. The summed E-state index contributed by atoms with van der Waals surface area (Å²) in [4.78, 5) is 0. The molecule has 0 fully saturated rings. The van der Waals surface area contributed by atoms with Gasteiger partial charge in [-0.1, -0.05) is 0 Å². The highest BCUT2D eigenvalue weighted by Gasteiger charge is 1.92. The Morgan fingerprint density at radius 3 is 2.30 bits per heavy atom. The van der Waals surface area contributed by atoms with Crippen molar-refractivity contribution in [1.29, 1.82) is 0 Å². The highest BCUT2D eigenvalue weighted by atomic mass is 16.2. The molecule has 1 aromatic heterocycles. The van der Waals surface area contributed by atoms with Crippen LogP contribution < -0.4 is 9.67 Å². The second-order valence-corrected chi connectivity index (χ2v) is 1.91. The molecule has 0 atom stereocenters. The molecule has 1 rings (SSSR count). The number of aryl methyl sites for hydroxylation is 2. The van der Waals surface area contributed by atoms with Crippen LogP contribution in [0.15, 0.2) is 18.7 Å². The van der Waals surface area contributed by atoms with Crippen molar-refractivity contribution in [3.63, 3.8) is 0 Å². The highest BCUT2D eigenvalue weighted by Crippen LogP contribution is 1.79. The molecule has 58 valence electrons. The van der Waals surface area contributed by atoms with E-state index in [2.05, 4.69) is 24.0 Å². The molecule has 0 bridgehead atoms. The van der Waals surface area contributed by atoms with Gasteiger partial charge in [0.25, 0.3) is 0 Å². The van der Waals surface area contributed by atoms with E-state index in [9.17, 15) is 0 Å². The van der Waals surface area contributed by atoms with Crippen LogP contribution in [0, 0.1) is 0 Å². The van der Waals surface area contributed by atoms with Crippen molar-refractivity contribution in [2.75, 3.05) is 7.11 Å². The van der Waals surface area contributed by atoms with Crippen LogP contribution in [-0.2, 0) is 13.6 Å². The zero-order valence-electron chi connectivity index (χ0n) is 6.74. The number of imidazole rings is 1. The monoisotopic (exact) mass is 142 g/mol. The van der Waals surface area contributed by atoms with E-state index in [1.54, 1.807) is 0 Å². The lowest BCUT2D eigenvalue weighted by Crippen LogP contribution is -2.23. The van der Waals surface area contributed by atoms with Gasteiger partial charge in [-0.05, 0) is 6.92 Å². The van der Waals surface area contributed by atoms with Crippen LogP contribution in [0.1, 0.15) is 6.92 Å². The fourth-order valence-corrected chi connectivity index (χ4v) is 0.689. The van der Waals surface area contributed by atoms with Crippen molar-refractivity contribution in [1.82, 2.24) is 4.57 Å². The Kier molecular flexibility index (Phi) is 4.58. The Labute approximate surface area is 61.5 Å². The standard InChI is InChI=1S/C6H11N2.CH3O/c1-3-8-5-4-7(2)6-8;1-2/h4-6H,3H2,1-2H3;1H3/q+1;-1. The van der Waals surface area contributed by atoms with Gasteiger partial charge in [-0.15, -0.1) is 0 Å². The van der Waals surface area contributed by atoms with Gasteiger partial charge in [-0.3, -0.25) is 0 Å². The summed E-state index contributed by atoms with van der Waals surface area (Å²) < 4.78 is 4.16. The zero-order valence-corrected chi connectivity index (χ0v) is 6.74. The minimum Gasteiger partial charge on any atom is -0.857 e. The maximum absolute atomic E-state index is 8.25. The molecule has 0 saturated heterocycles. The summed E-state index contributed by atoms with van der Waals surface area (Å²) >= 11 is 0. The predicted molar refractivity (Wildman–Crippen MR) is 37.2 cm³/mol. The fourth-order valence-electron chi connectivity index (χ4n) is 0.689. The van der Waals surface area contributed by atoms with Crippen LogP contribution in [-0.4, -0.2) is 11.7 Å². The third kappa shape index (κ3) is 2.64. The van der Waals surface area contributed by atoms with Gasteiger partial charge < -0.3 is 5.11 Å². The van der Waals surface area contributed by atoms with Gasteiger partial charge in [0, 0.05) is 0 Å². The average molecular weight is 142 g/mol. The molecule has 0 spiro atoms. The second kappa shape index (κ2) is 4.99. The van der Waals surface area contributed by atoms with Gasteiger partial charge in [0.1, 0.15) is 12.4 Å². The topological polar surface area (TPSA) is 31.9 Å². The molecule has 1 heterocycles. The number of hydrogen-bond donors (Lipinski definition) is 0. The van der Waals surface area contributed by atoms with E-state index in [1.807, 2.05) is 17.8 Å². The maximum Gasteiger partial charge on any atom is 0.243 e. The van der Waals surface area contributed by atoms with Crippen LogP contribution >= 0.6 is 0 Å². The van der Waals surface area contributed by atoms with Crippen LogP contribution in [0.5, 0.6) is 0 Å². The van der Waals surface area contributed by atoms with Crippen molar-refractivity contribution >= 4 is 0 Å². The summed E-state index contributed by atoms with van der Waals surface area (Å²) in [7, 11) is 2.77. The van der Waals surface area contributed by atoms with Crippen molar-refractivity contribution < 1.29 is 9.67 Å². The Bertz CT molecular complexity index is 172. The number of rotatable bonds is 1. The molecule has 1 aromatic rings. The lowest BCUT2D eigenvalue weighted by Gasteiger charge is -1.81. The smallest absolute Gasteiger partial charge is 0.243 e. The first kappa shape index (κ1) is 9.17. The lowest BCUT2D eigenvalue weighted by atomic mass is 10.7. The Morgan fingerprint density at radius 1 is 1.50 bits per heavy atom. The largest absolute Gasteiger partial charge is 0.857 e. The molecule has 0 radical (unpaired) electrons. The van der Waals surface area contributed by atoms with Gasteiger partial charge >= 0.3 is 0 Å². The number of aromatic nitrogens is 2. The summed E-state index contributed by atoms with van der Waals surface area (Å²) in [6.45, 7) is 3.18. The Balaban J connectivity index is 0.000000371. The first-order chi connectivity index (χ1) is 4.83. The number of hydrogen-bond acceptors (Lipinski definition) is 1. The molecule has 0 aliphatic carbocycles. The van der Waals surface area contributed by atoms with Gasteiger partial charge in [-0.2, -0.15) is 7.11 Å². The molecular weight excluding hydrogens is 128 g/mol. The van der Waals surface area contributed by atoms with Gasteiger partial charge in [0.2, 0.25) is 6.33 Å². The Hall–Kier alpha value is -0.830. The van der Waals surface area contributed by atoms with E-state index in [1.165, 1.54) is 0 Å². The van der Waals surface area contributed by atoms with Crippen molar-refractivity contribution in [3.05, 3.63) is 18.7 Å². The summed E-state index contributed by atoms with van der Waals surface area (Å²) in [5, 5.41) is 8.25. The SMILES string of the molecule is CCn1cc[n+](C)c1.C[O-]. The third-order valence-corrected chi connectivity index (χ3v) is 1.19. The Morgan fingerprint density at radius 2 is 2.10 bits per heavy atom. The van der Waals surface area contributed by atoms with Crippen LogP contribution in [0.25, 0.3) is 0 Å². The normalized spacial score (nSPS) is 8.40. The summed E-state index contributed by atoms with van der Waals surface area (Å²) in [5.74, 6) is 0. The molecule has 0 N–H and O–H groups in total. The molecule has 0 aliphatic heterocycles. The van der Waals surface area contributed by atoms with Crippen LogP contribution in [0.2, 0.25) is 0 Å². The highest BCUT2D eigenvalue weighted by molar-refractivity contribution is 4.63. The van der Waals surface area contributed by atoms with E-state index in [0.29, 0.717) is 0 Å². The molecular formula is C7H14N2O. The molecule has 0 aromatic carbocycles. The van der Waals surface area contributed by atoms with Crippen LogP contribution in [0.3, 0.4) is 0 Å². The minimum absolute atomic E-state index is 0.750. The fraction of sp³-hybridized carbons (Fsp3) is 0.571. The summed E-state index contributed by atoms with van der Waals surface area (Å²) in [6, 6.07) is 0. The lowest BCUT2D eigenvalue weighted by molar-refractivity contribution is -0.671. The predicted octanol–water partition coefficient (Wildman–Crippen LogP) is -0.691. The third-order valence-electron chi connectivity index (χ3n) is 1.19. The first-order valence-corrected chi connectivity index (χ1v) is 3.24. The molecule has 0 aliphatic rings. The first-order valence-electron chi connectivity index (χ1n) is 3.24. The van der Waals surface area contributed by atoms with Gasteiger partial charge in [-0.25, -0.2) is 9.13 Å². The van der Waals surface area contributed by atoms with E-state index in [4.69, 9.17) is 5.11 Å². The summed E-state index contributed by atoms with van der Waals surface area (Å²) in [6.07, 6.45) is 6.14. The number of nitrogens with zero attached hydrogens (tertiary/aromatic N) is 2. The van der Waals surface area contributed by atoms with E-state index in [0.717, 1.165) is 13.7 Å². The van der Waals surface area contributed by atoms with Crippen molar-refractivity contribution in [2.24, 2.45) is 7.05 Å². The molecule has 0 unspecified atom stereocenters. The van der Waals surface area contributed by atoms with E-state index < -0.39 is 0 Å². The van der Waals surface area contributed by atoms with Crippen LogP contribution in [0.4, 0.5) is 0 Å². The molecule has 0 saturated carbocycles. The van der Waals surface area contributed by atoms with Crippen molar-refractivity contribution in [3.8, 4) is 0 Å². The molecule has 0 amide bonds. The van der Waals surface area contributed by atoms with Gasteiger partial charge in [0.05, 0.1) is 13.6 Å². The van der Waals surface area contributed by atoms with E-state index in [-0.39, 0.29) is 0 Å².